The van der Waals surface area contributed by atoms with Crippen LogP contribution in [0, 0.1) is 6.92 Å². The van der Waals surface area contributed by atoms with Gasteiger partial charge >= 0.3 is 0 Å². The second-order valence-corrected chi connectivity index (χ2v) is 4.13. The molecule has 0 atom stereocenters. The zero-order chi connectivity index (χ0) is 12.7. The van der Waals surface area contributed by atoms with Crippen LogP contribution in [0.3, 0.4) is 0 Å². The fourth-order valence-corrected chi connectivity index (χ4v) is 2.05. The Bertz CT molecular complexity index is 709. The summed E-state index contributed by atoms with van der Waals surface area (Å²) in [5.41, 5.74) is 9.32. The molecule has 0 saturated carbocycles. The highest BCUT2D eigenvalue weighted by molar-refractivity contribution is 5.77. The van der Waals surface area contributed by atoms with E-state index >= 15 is 0 Å². The molecule has 0 saturated heterocycles. The summed E-state index contributed by atoms with van der Waals surface area (Å²) in [5.74, 6) is 0.781. The molecule has 0 spiro atoms. The van der Waals surface area contributed by atoms with Crippen LogP contribution in [-0.2, 0) is 6.54 Å². The molecule has 2 heterocycles. The Morgan fingerprint density at radius 2 is 2.06 bits per heavy atom. The maximum absolute atomic E-state index is 6.09. The number of rotatable bonds is 2. The topological polar surface area (TPSA) is 74.6 Å². The van der Waals surface area contributed by atoms with E-state index in [0.717, 1.165) is 29.1 Å². The van der Waals surface area contributed by atoms with Crippen LogP contribution in [0.2, 0.25) is 0 Å². The highest BCUT2D eigenvalue weighted by Crippen LogP contribution is 2.23. The lowest BCUT2D eigenvalue weighted by atomic mass is 10.3. The van der Waals surface area contributed by atoms with Gasteiger partial charge in [0.1, 0.15) is 5.52 Å². The lowest BCUT2D eigenvalue weighted by Gasteiger charge is -2.05. The maximum Gasteiger partial charge on any atom is 0.177 e. The monoisotopic (exact) mass is 242 g/mol. The molecule has 0 bridgehead atoms. The number of aromatic nitrogens is 5. The van der Waals surface area contributed by atoms with Gasteiger partial charge in [0.25, 0.3) is 0 Å². The van der Waals surface area contributed by atoms with Gasteiger partial charge in [-0.2, -0.15) is 9.78 Å². The Kier molecular flexibility index (Phi) is 2.29. The van der Waals surface area contributed by atoms with Crippen molar-refractivity contribution in [3.8, 4) is 5.82 Å². The van der Waals surface area contributed by atoms with Crippen molar-refractivity contribution in [2.24, 2.45) is 0 Å². The summed E-state index contributed by atoms with van der Waals surface area (Å²) in [7, 11) is 0. The predicted molar refractivity (Wildman–Crippen MR) is 69.5 cm³/mol. The zero-order valence-electron chi connectivity index (χ0n) is 10.3. The van der Waals surface area contributed by atoms with Crippen LogP contribution in [0.1, 0.15) is 12.6 Å². The second kappa shape index (κ2) is 3.83. The van der Waals surface area contributed by atoms with Crippen molar-refractivity contribution in [3.63, 3.8) is 0 Å². The zero-order valence-corrected chi connectivity index (χ0v) is 10.3. The van der Waals surface area contributed by atoms with Crippen molar-refractivity contribution in [1.29, 1.82) is 0 Å². The van der Waals surface area contributed by atoms with E-state index in [9.17, 15) is 0 Å². The van der Waals surface area contributed by atoms with Gasteiger partial charge in [-0.05, 0) is 26.0 Å². The lowest BCUT2D eigenvalue weighted by molar-refractivity contribution is 0.616. The first kappa shape index (κ1) is 10.8. The highest BCUT2D eigenvalue weighted by Gasteiger charge is 2.16. The average molecular weight is 242 g/mol. The number of hydrogen-bond acceptors (Lipinski definition) is 4. The normalized spacial score (nSPS) is 11.2. The third-order valence-corrected chi connectivity index (χ3v) is 3.00. The fourth-order valence-electron chi connectivity index (χ4n) is 2.05. The number of aryl methyl sites for hydroxylation is 2. The highest BCUT2D eigenvalue weighted by atomic mass is 15.5. The molecule has 1 aromatic carbocycles. The molecule has 0 radical (unpaired) electrons. The Morgan fingerprint density at radius 3 is 2.83 bits per heavy atom. The third-order valence-electron chi connectivity index (χ3n) is 3.00. The van der Waals surface area contributed by atoms with Gasteiger partial charge in [0.05, 0.1) is 16.9 Å². The molecule has 2 aromatic heterocycles. The van der Waals surface area contributed by atoms with E-state index < -0.39 is 0 Å². The molecular weight excluding hydrogens is 228 g/mol. The van der Waals surface area contributed by atoms with Crippen molar-refractivity contribution in [3.05, 3.63) is 30.0 Å². The summed E-state index contributed by atoms with van der Waals surface area (Å²) >= 11 is 0. The molecule has 3 rings (SSSR count). The summed E-state index contributed by atoms with van der Waals surface area (Å²) in [6.07, 6.45) is 0. The van der Waals surface area contributed by atoms with Crippen LogP contribution in [0.25, 0.3) is 16.9 Å². The minimum atomic E-state index is 0.646. The standard InChI is InChI=1S/C12H14N6/c1-3-17-12(11(13)8(2)15-17)18-10-7-5-4-6-9(10)14-16-18/h4-7H,3,13H2,1-2H3. The van der Waals surface area contributed by atoms with Crippen LogP contribution in [0.5, 0.6) is 0 Å². The number of nitrogen functional groups attached to an aromatic ring is 1. The molecule has 18 heavy (non-hydrogen) atoms. The molecular formula is C12H14N6. The van der Waals surface area contributed by atoms with Crippen molar-refractivity contribution in [2.45, 2.75) is 20.4 Å². The first-order valence-corrected chi connectivity index (χ1v) is 5.86. The maximum atomic E-state index is 6.09. The lowest BCUT2D eigenvalue weighted by Crippen LogP contribution is -2.09. The van der Waals surface area contributed by atoms with Gasteiger partial charge in [-0.1, -0.05) is 17.3 Å². The van der Waals surface area contributed by atoms with E-state index in [1.807, 2.05) is 42.8 Å². The SMILES string of the molecule is CCn1nc(C)c(N)c1-n1nnc2ccccc21. The average Bonchev–Trinajstić information content (AvgIpc) is 2.92. The number of nitrogens with zero attached hydrogens (tertiary/aromatic N) is 5. The molecule has 0 aliphatic heterocycles. The van der Waals surface area contributed by atoms with Crippen LogP contribution in [0.15, 0.2) is 24.3 Å². The summed E-state index contributed by atoms with van der Waals surface area (Å²) in [6, 6.07) is 7.79. The molecule has 0 fully saturated rings. The van der Waals surface area contributed by atoms with Gasteiger partial charge < -0.3 is 5.73 Å². The molecule has 6 nitrogen and oxygen atoms in total. The Hall–Kier alpha value is -2.37. The number of hydrogen-bond donors (Lipinski definition) is 1. The van der Waals surface area contributed by atoms with Gasteiger partial charge in [0.15, 0.2) is 5.82 Å². The van der Waals surface area contributed by atoms with Gasteiger partial charge in [0.2, 0.25) is 0 Å². The van der Waals surface area contributed by atoms with E-state index in [1.165, 1.54) is 0 Å². The second-order valence-electron chi connectivity index (χ2n) is 4.13. The molecule has 6 heteroatoms. The van der Waals surface area contributed by atoms with E-state index in [1.54, 1.807) is 4.68 Å². The molecule has 2 N–H and O–H groups in total. The molecule has 0 amide bonds. The molecule has 0 unspecified atom stereocenters. The van der Waals surface area contributed by atoms with E-state index in [-0.39, 0.29) is 0 Å². The molecule has 0 aliphatic rings. The van der Waals surface area contributed by atoms with Gasteiger partial charge in [-0.25, -0.2) is 4.68 Å². The van der Waals surface area contributed by atoms with E-state index in [0.29, 0.717) is 5.69 Å². The van der Waals surface area contributed by atoms with Crippen molar-refractivity contribution in [2.75, 3.05) is 5.73 Å². The van der Waals surface area contributed by atoms with Gasteiger partial charge in [-0.3, -0.25) is 0 Å². The summed E-state index contributed by atoms with van der Waals surface area (Å²) in [5, 5.41) is 12.7. The van der Waals surface area contributed by atoms with Crippen molar-refractivity contribution >= 4 is 16.7 Å². The number of benzene rings is 1. The van der Waals surface area contributed by atoms with Crippen LogP contribution in [0.4, 0.5) is 5.69 Å². The third kappa shape index (κ3) is 1.38. The minimum absolute atomic E-state index is 0.646. The van der Waals surface area contributed by atoms with Crippen molar-refractivity contribution in [1.82, 2.24) is 24.8 Å². The quantitative estimate of drug-likeness (QED) is 0.739. The predicted octanol–water partition coefficient (Wildman–Crippen LogP) is 1.53. The van der Waals surface area contributed by atoms with E-state index in [4.69, 9.17) is 5.73 Å². The Morgan fingerprint density at radius 1 is 1.28 bits per heavy atom. The molecule has 3 aromatic rings. The number of fused-ring (bicyclic) bond motifs is 1. The van der Waals surface area contributed by atoms with Gasteiger partial charge in [-0.15, -0.1) is 5.10 Å². The Balaban J connectivity index is 2.32. The first-order valence-electron chi connectivity index (χ1n) is 5.86. The largest absolute Gasteiger partial charge is 0.394 e. The summed E-state index contributed by atoms with van der Waals surface area (Å²) in [4.78, 5) is 0. The molecule has 0 aliphatic carbocycles. The van der Waals surface area contributed by atoms with Gasteiger partial charge in [0, 0.05) is 6.54 Å². The minimum Gasteiger partial charge on any atom is -0.394 e. The van der Waals surface area contributed by atoms with Crippen molar-refractivity contribution < 1.29 is 0 Å². The number of anilines is 1. The van der Waals surface area contributed by atoms with Crippen LogP contribution < -0.4 is 5.73 Å². The van der Waals surface area contributed by atoms with Crippen LogP contribution >= 0.6 is 0 Å². The number of nitrogens with two attached hydrogens (primary N) is 1. The van der Waals surface area contributed by atoms with Crippen LogP contribution in [-0.4, -0.2) is 24.8 Å². The first-order chi connectivity index (χ1) is 8.72. The fraction of sp³-hybridized carbons (Fsp3) is 0.250. The smallest absolute Gasteiger partial charge is 0.177 e. The Labute approximate surface area is 104 Å². The summed E-state index contributed by atoms with van der Waals surface area (Å²) in [6.45, 7) is 4.65. The van der Waals surface area contributed by atoms with E-state index in [2.05, 4.69) is 15.4 Å². The number of para-hydroxylation sites is 1. The molecule has 92 valence electrons. The summed E-state index contributed by atoms with van der Waals surface area (Å²) < 4.78 is 3.58.